The number of nitrogens with one attached hydrogen (secondary N) is 2. The van der Waals surface area contributed by atoms with Crippen molar-refractivity contribution in [3.63, 3.8) is 0 Å². The minimum atomic E-state index is -0.790. The molecule has 1 aliphatic carbocycles. The van der Waals surface area contributed by atoms with E-state index >= 15 is 0 Å². The van der Waals surface area contributed by atoms with Gasteiger partial charge in [-0.2, -0.15) is 0 Å². The van der Waals surface area contributed by atoms with Crippen LogP contribution >= 0.6 is 11.3 Å². The molecule has 1 aromatic rings. The highest BCUT2D eigenvalue weighted by molar-refractivity contribution is 7.15. The van der Waals surface area contributed by atoms with Crippen molar-refractivity contribution in [3.05, 3.63) is 5.01 Å². The number of aliphatic carboxylic acids is 1. The van der Waals surface area contributed by atoms with Crippen LogP contribution in [0.5, 0.6) is 0 Å². The normalized spacial score (nSPS) is 22.2. The third-order valence-corrected chi connectivity index (χ3v) is 4.09. The number of carbonyl (C=O) groups is 2. The van der Waals surface area contributed by atoms with Gasteiger partial charge in [0.05, 0.1) is 5.92 Å². The molecule has 1 heterocycles. The summed E-state index contributed by atoms with van der Waals surface area (Å²) in [4.78, 5) is 22.5. The van der Waals surface area contributed by atoms with Gasteiger partial charge in [0.1, 0.15) is 5.01 Å². The zero-order valence-electron chi connectivity index (χ0n) is 10.5. The highest BCUT2D eigenvalue weighted by Crippen LogP contribution is 2.25. The predicted molar refractivity (Wildman–Crippen MR) is 70.2 cm³/mol. The number of nitrogens with zero attached hydrogens (tertiary/aromatic N) is 2. The van der Waals surface area contributed by atoms with Crippen molar-refractivity contribution in [1.29, 1.82) is 0 Å². The molecule has 1 fully saturated rings. The SMILES string of the molecule is CCc1nnc(NC(=O)N[C@H]2CC[C@@H](C(=O)O)C2)s1. The first kappa shape index (κ1) is 13.7. The van der Waals surface area contributed by atoms with Gasteiger partial charge in [-0.1, -0.05) is 18.3 Å². The molecule has 0 radical (unpaired) electrons. The topological polar surface area (TPSA) is 104 Å². The zero-order chi connectivity index (χ0) is 13.8. The molecule has 2 rings (SSSR count). The van der Waals surface area contributed by atoms with E-state index in [4.69, 9.17) is 5.11 Å². The Morgan fingerprint density at radius 3 is 2.79 bits per heavy atom. The fourth-order valence-electron chi connectivity index (χ4n) is 2.10. The van der Waals surface area contributed by atoms with Crippen LogP contribution in [0.4, 0.5) is 9.93 Å². The van der Waals surface area contributed by atoms with Gasteiger partial charge in [0.15, 0.2) is 0 Å². The molecule has 2 atom stereocenters. The second-order valence-electron chi connectivity index (χ2n) is 4.50. The van der Waals surface area contributed by atoms with Gasteiger partial charge in [0.2, 0.25) is 5.13 Å². The quantitative estimate of drug-likeness (QED) is 0.776. The molecule has 0 saturated heterocycles. The molecule has 0 unspecified atom stereocenters. The fraction of sp³-hybridized carbons (Fsp3) is 0.636. The molecular formula is C11H16N4O3S. The predicted octanol–water partition coefficient (Wildman–Crippen LogP) is 1.48. The number of carboxylic acid groups (broad SMARTS) is 1. The van der Waals surface area contributed by atoms with Crippen LogP contribution in [0, 0.1) is 5.92 Å². The first-order valence-corrected chi connectivity index (χ1v) is 7.02. The Morgan fingerprint density at radius 1 is 1.42 bits per heavy atom. The molecule has 0 bridgehead atoms. The third kappa shape index (κ3) is 3.63. The van der Waals surface area contributed by atoms with E-state index in [0.717, 1.165) is 11.4 Å². The summed E-state index contributed by atoms with van der Waals surface area (Å²) in [5.74, 6) is -1.14. The third-order valence-electron chi connectivity index (χ3n) is 3.11. The smallest absolute Gasteiger partial charge is 0.321 e. The lowest BCUT2D eigenvalue weighted by Crippen LogP contribution is -2.36. The Morgan fingerprint density at radius 2 is 2.21 bits per heavy atom. The minimum absolute atomic E-state index is 0.0836. The lowest BCUT2D eigenvalue weighted by Gasteiger charge is -2.11. The second-order valence-corrected chi connectivity index (χ2v) is 5.56. The van der Waals surface area contributed by atoms with E-state index in [1.807, 2.05) is 6.92 Å². The molecule has 0 spiro atoms. The highest BCUT2D eigenvalue weighted by Gasteiger charge is 2.30. The summed E-state index contributed by atoms with van der Waals surface area (Å²) in [7, 11) is 0. The maximum atomic E-state index is 11.7. The molecule has 7 nitrogen and oxygen atoms in total. The van der Waals surface area contributed by atoms with Gasteiger partial charge in [-0.15, -0.1) is 10.2 Å². The number of aromatic nitrogens is 2. The lowest BCUT2D eigenvalue weighted by molar-refractivity contribution is -0.141. The second kappa shape index (κ2) is 5.96. The number of aryl methyl sites for hydroxylation is 1. The summed E-state index contributed by atoms with van der Waals surface area (Å²) in [6, 6.07) is -0.436. The van der Waals surface area contributed by atoms with E-state index in [0.29, 0.717) is 24.4 Å². The summed E-state index contributed by atoms with van der Waals surface area (Å²) in [6.07, 6.45) is 2.57. The van der Waals surface area contributed by atoms with Crippen molar-refractivity contribution in [2.75, 3.05) is 5.32 Å². The molecule has 104 valence electrons. The lowest BCUT2D eigenvalue weighted by atomic mass is 10.1. The van der Waals surface area contributed by atoms with Gasteiger partial charge in [-0.05, 0) is 25.7 Å². The van der Waals surface area contributed by atoms with E-state index in [-0.39, 0.29) is 18.0 Å². The van der Waals surface area contributed by atoms with Crippen LogP contribution in [-0.4, -0.2) is 33.3 Å². The summed E-state index contributed by atoms with van der Waals surface area (Å²) in [6.45, 7) is 1.97. The van der Waals surface area contributed by atoms with Crippen molar-refractivity contribution >= 4 is 28.5 Å². The van der Waals surface area contributed by atoms with Crippen molar-refractivity contribution in [3.8, 4) is 0 Å². The standard InChI is InChI=1S/C11H16N4O3S/c1-2-8-14-15-11(19-8)13-10(18)12-7-4-3-6(5-7)9(16)17/h6-7H,2-5H2,1H3,(H,16,17)(H2,12,13,15,18)/t6-,7+/m1/s1. The maximum absolute atomic E-state index is 11.7. The summed E-state index contributed by atoms with van der Waals surface area (Å²) in [5, 5.41) is 23.3. The van der Waals surface area contributed by atoms with Crippen LogP contribution in [0.2, 0.25) is 0 Å². The number of carboxylic acids is 1. The number of amides is 2. The van der Waals surface area contributed by atoms with Crippen LogP contribution in [0.25, 0.3) is 0 Å². The monoisotopic (exact) mass is 284 g/mol. The van der Waals surface area contributed by atoms with E-state index in [2.05, 4.69) is 20.8 Å². The molecule has 1 saturated carbocycles. The Bertz CT molecular complexity index is 476. The Labute approximate surface area is 114 Å². The first-order valence-electron chi connectivity index (χ1n) is 6.21. The van der Waals surface area contributed by atoms with E-state index in [9.17, 15) is 9.59 Å². The van der Waals surface area contributed by atoms with Gasteiger partial charge in [0, 0.05) is 6.04 Å². The Balaban J connectivity index is 1.80. The van der Waals surface area contributed by atoms with Gasteiger partial charge in [-0.3, -0.25) is 10.1 Å². The molecule has 2 amide bonds. The first-order chi connectivity index (χ1) is 9.08. The fourth-order valence-corrected chi connectivity index (χ4v) is 2.78. The van der Waals surface area contributed by atoms with Crippen LogP contribution in [0.15, 0.2) is 0 Å². The largest absolute Gasteiger partial charge is 0.481 e. The molecule has 0 aliphatic heterocycles. The average molecular weight is 284 g/mol. The van der Waals surface area contributed by atoms with Gasteiger partial charge < -0.3 is 10.4 Å². The van der Waals surface area contributed by atoms with Crippen LogP contribution in [-0.2, 0) is 11.2 Å². The number of carbonyl (C=O) groups excluding carboxylic acids is 1. The average Bonchev–Trinajstić information content (AvgIpc) is 2.98. The molecule has 1 aliphatic rings. The minimum Gasteiger partial charge on any atom is -0.481 e. The van der Waals surface area contributed by atoms with Gasteiger partial charge >= 0.3 is 12.0 Å². The van der Waals surface area contributed by atoms with Crippen molar-refractivity contribution in [2.24, 2.45) is 5.92 Å². The maximum Gasteiger partial charge on any atom is 0.321 e. The zero-order valence-corrected chi connectivity index (χ0v) is 11.4. The van der Waals surface area contributed by atoms with Crippen LogP contribution in [0.3, 0.4) is 0 Å². The van der Waals surface area contributed by atoms with Gasteiger partial charge in [0.25, 0.3) is 0 Å². The van der Waals surface area contributed by atoms with E-state index in [1.54, 1.807) is 0 Å². The van der Waals surface area contributed by atoms with Gasteiger partial charge in [-0.25, -0.2) is 4.79 Å². The van der Waals surface area contributed by atoms with Crippen molar-refractivity contribution < 1.29 is 14.7 Å². The van der Waals surface area contributed by atoms with Crippen LogP contribution in [0.1, 0.15) is 31.2 Å². The number of urea groups is 1. The van der Waals surface area contributed by atoms with Crippen molar-refractivity contribution in [1.82, 2.24) is 15.5 Å². The number of anilines is 1. The number of hydrogen-bond acceptors (Lipinski definition) is 5. The molecule has 1 aromatic heterocycles. The molecule has 8 heteroatoms. The number of rotatable bonds is 4. The Hall–Kier alpha value is -1.70. The summed E-state index contributed by atoms with van der Waals surface area (Å²) in [5.41, 5.74) is 0. The molecule has 19 heavy (non-hydrogen) atoms. The molecular weight excluding hydrogens is 268 g/mol. The highest BCUT2D eigenvalue weighted by atomic mass is 32.1. The molecule has 0 aromatic carbocycles. The van der Waals surface area contributed by atoms with Crippen LogP contribution < -0.4 is 10.6 Å². The van der Waals surface area contributed by atoms with Crippen molar-refractivity contribution in [2.45, 2.75) is 38.6 Å². The van der Waals surface area contributed by atoms with E-state index < -0.39 is 5.97 Å². The molecule has 3 N–H and O–H groups in total. The van der Waals surface area contributed by atoms with E-state index in [1.165, 1.54) is 11.3 Å². The summed E-state index contributed by atoms with van der Waals surface area (Å²) >= 11 is 1.34. The Kier molecular flexibility index (Phi) is 4.31. The summed E-state index contributed by atoms with van der Waals surface area (Å²) < 4.78 is 0. The number of hydrogen-bond donors (Lipinski definition) is 3.